The monoisotopic (exact) mass is 221 g/mol. The molecule has 0 aliphatic heterocycles. The van der Waals surface area contributed by atoms with Gasteiger partial charge >= 0.3 is 0 Å². The molecule has 72 valence electrons. The van der Waals surface area contributed by atoms with E-state index in [4.69, 9.17) is 0 Å². The maximum atomic E-state index is 4.45. The highest BCUT2D eigenvalue weighted by atomic mass is 32.2. The topological polar surface area (TPSA) is 12.9 Å². The van der Waals surface area contributed by atoms with Gasteiger partial charge in [-0.1, -0.05) is 12.1 Å². The molecular formula is C11H11NS2. The molecule has 2 rings (SSSR count). The quantitative estimate of drug-likeness (QED) is 0.715. The summed E-state index contributed by atoms with van der Waals surface area (Å²) in [6.45, 7) is 2.02. The lowest BCUT2D eigenvalue weighted by Crippen LogP contribution is -1.77. The van der Waals surface area contributed by atoms with Crippen LogP contribution in [0.3, 0.4) is 0 Å². The van der Waals surface area contributed by atoms with Crippen molar-refractivity contribution in [3.63, 3.8) is 0 Å². The summed E-state index contributed by atoms with van der Waals surface area (Å²) in [5.41, 5.74) is 2.31. The first-order valence-corrected chi connectivity index (χ1v) is 6.46. The standard InChI is InChI=1S/C11H11NS2/c1-8-7-14-11(12-8)9-3-5-10(13-2)6-4-9/h3-7H,1-2H3. The Bertz CT molecular complexity index is 417. The Labute approximate surface area is 92.2 Å². The van der Waals surface area contributed by atoms with Crippen molar-refractivity contribution in [1.82, 2.24) is 4.98 Å². The number of hydrogen-bond acceptors (Lipinski definition) is 3. The van der Waals surface area contributed by atoms with Crippen LogP contribution < -0.4 is 0 Å². The fourth-order valence-corrected chi connectivity index (χ4v) is 2.43. The molecule has 0 amide bonds. The van der Waals surface area contributed by atoms with Crippen LogP contribution in [0.4, 0.5) is 0 Å². The summed E-state index contributed by atoms with van der Waals surface area (Å²) in [6.07, 6.45) is 2.09. The van der Waals surface area contributed by atoms with Gasteiger partial charge in [0.05, 0.1) is 0 Å². The molecule has 0 saturated heterocycles. The summed E-state index contributed by atoms with van der Waals surface area (Å²) in [5, 5.41) is 3.19. The van der Waals surface area contributed by atoms with Gasteiger partial charge in [0.15, 0.2) is 0 Å². The molecule has 2 aromatic rings. The predicted octanol–water partition coefficient (Wildman–Crippen LogP) is 3.84. The minimum Gasteiger partial charge on any atom is -0.241 e. The average molecular weight is 221 g/mol. The van der Waals surface area contributed by atoms with Crippen LogP contribution >= 0.6 is 23.1 Å². The second-order valence-corrected chi connectivity index (χ2v) is 4.76. The highest BCUT2D eigenvalue weighted by Crippen LogP contribution is 2.25. The number of benzene rings is 1. The molecule has 1 heterocycles. The summed E-state index contributed by atoms with van der Waals surface area (Å²) in [6, 6.07) is 8.53. The summed E-state index contributed by atoms with van der Waals surface area (Å²) >= 11 is 3.46. The van der Waals surface area contributed by atoms with Gasteiger partial charge in [0.25, 0.3) is 0 Å². The lowest BCUT2D eigenvalue weighted by molar-refractivity contribution is 1.27. The number of aromatic nitrogens is 1. The zero-order valence-electron chi connectivity index (χ0n) is 8.15. The largest absolute Gasteiger partial charge is 0.241 e. The van der Waals surface area contributed by atoms with E-state index in [1.165, 1.54) is 10.5 Å². The first kappa shape index (κ1) is 9.74. The van der Waals surface area contributed by atoms with Crippen molar-refractivity contribution in [2.24, 2.45) is 0 Å². The van der Waals surface area contributed by atoms with Crippen molar-refractivity contribution in [1.29, 1.82) is 0 Å². The number of rotatable bonds is 2. The normalized spacial score (nSPS) is 10.4. The Kier molecular flexibility index (Phi) is 2.89. The van der Waals surface area contributed by atoms with Gasteiger partial charge in [-0.25, -0.2) is 4.98 Å². The Hall–Kier alpha value is -0.800. The van der Waals surface area contributed by atoms with Gasteiger partial charge in [0.2, 0.25) is 0 Å². The van der Waals surface area contributed by atoms with E-state index in [2.05, 4.69) is 40.9 Å². The van der Waals surface area contributed by atoms with Crippen LogP contribution in [0.1, 0.15) is 5.69 Å². The third-order valence-corrected chi connectivity index (χ3v) is 3.71. The average Bonchev–Trinajstić information content (AvgIpc) is 2.65. The van der Waals surface area contributed by atoms with Gasteiger partial charge in [-0.3, -0.25) is 0 Å². The minimum atomic E-state index is 1.10. The second-order valence-electron chi connectivity index (χ2n) is 3.02. The fourth-order valence-electron chi connectivity index (χ4n) is 1.22. The maximum absolute atomic E-state index is 4.45. The SMILES string of the molecule is CSc1ccc(-c2nc(C)cs2)cc1. The van der Waals surface area contributed by atoms with E-state index in [9.17, 15) is 0 Å². The Morgan fingerprint density at radius 3 is 2.43 bits per heavy atom. The number of hydrogen-bond donors (Lipinski definition) is 0. The van der Waals surface area contributed by atoms with Crippen molar-refractivity contribution in [2.45, 2.75) is 11.8 Å². The molecule has 3 heteroatoms. The molecule has 1 nitrogen and oxygen atoms in total. The fraction of sp³-hybridized carbons (Fsp3) is 0.182. The van der Waals surface area contributed by atoms with E-state index in [1.807, 2.05) is 6.92 Å². The lowest BCUT2D eigenvalue weighted by atomic mass is 10.2. The van der Waals surface area contributed by atoms with Gasteiger partial charge in [0, 0.05) is 21.5 Å². The zero-order chi connectivity index (χ0) is 9.97. The molecule has 1 aromatic heterocycles. The van der Waals surface area contributed by atoms with Crippen molar-refractivity contribution < 1.29 is 0 Å². The molecule has 14 heavy (non-hydrogen) atoms. The number of aryl methyl sites for hydroxylation is 1. The first-order valence-electron chi connectivity index (χ1n) is 4.36. The van der Waals surface area contributed by atoms with E-state index in [0.717, 1.165) is 10.7 Å². The third-order valence-electron chi connectivity index (χ3n) is 1.96. The summed E-state index contributed by atoms with van der Waals surface area (Å²) in [5.74, 6) is 0. The van der Waals surface area contributed by atoms with Crippen LogP contribution in [0, 0.1) is 6.92 Å². The van der Waals surface area contributed by atoms with E-state index in [1.54, 1.807) is 23.1 Å². The zero-order valence-corrected chi connectivity index (χ0v) is 9.78. The molecule has 0 N–H and O–H groups in total. The smallest absolute Gasteiger partial charge is 0.123 e. The van der Waals surface area contributed by atoms with Crippen LogP contribution in [-0.2, 0) is 0 Å². The summed E-state index contributed by atoms with van der Waals surface area (Å²) in [4.78, 5) is 5.74. The Morgan fingerprint density at radius 2 is 1.93 bits per heavy atom. The van der Waals surface area contributed by atoms with E-state index < -0.39 is 0 Å². The van der Waals surface area contributed by atoms with Crippen LogP contribution in [0.25, 0.3) is 10.6 Å². The summed E-state index contributed by atoms with van der Waals surface area (Å²) in [7, 11) is 0. The molecule has 0 aliphatic rings. The molecule has 0 saturated carbocycles. The van der Waals surface area contributed by atoms with Gasteiger partial charge in [0.1, 0.15) is 5.01 Å². The first-order chi connectivity index (χ1) is 6.79. The van der Waals surface area contributed by atoms with Crippen LogP contribution in [0.2, 0.25) is 0 Å². The predicted molar refractivity (Wildman–Crippen MR) is 64.1 cm³/mol. The van der Waals surface area contributed by atoms with Crippen molar-refractivity contribution >= 4 is 23.1 Å². The van der Waals surface area contributed by atoms with Crippen molar-refractivity contribution in [3.8, 4) is 10.6 Å². The van der Waals surface area contributed by atoms with Crippen LogP contribution in [0.15, 0.2) is 34.5 Å². The van der Waals surface area contributed by atoms with E-state index in [-0.39, 0.29) is 0 Å². The number of thioether (sulfide) groups is 1. The molecule has 0 radical (unpaired) electrons. The maximum Gasteiger partial charge on any atom is 0.123 e. The molecule has 0 aliphatic carbocycles. The Morgan fingerprint density at radius 1 is 1.21 bits per heavy atom. The minimum absolute atomic E-state index is 1.10. The van der Waals surface area contributed by atoms with E-state index >= 15 is 0 Å². The molecule has 0 bridgehead atoms. The van der Waals surface area contributed by atoms with Gasteiger partial charge in [-0.05, 0) is 25.3 Å². The Balaban J connectivity index is 2.33. The lowest BCUT2D eigenvalue weighted by Gasteiger charge is -1.98. The molecule has 0 spiro atoms. The highest BCUT2D eigenvalue weighted by Gasteiger charge is 2.01. The second kappa shape index (κ2) is 4.15. The van der Waals surface area contributed by atoms with Gasteiger partial charge in [-0.2, -0.15) is 0 Å². The van der Waals surface area contributed by atoms with Crippen molar-refractivity contribution in [3.05, 3.63) is 35.3 Å². The number of nitrogens with zero attached hydrogens (tertiary/aromatic N) is 1. The third kappa shape index (κ3) is 1.99. The van der Waals surface area contributed by atoms with Gasteiger partial charge in [-0.15, -0.1) is 23.1 Å². The molecule has 1 aromatic carbocycles. The molecule has 0 fully saturated rings. The molecule has 0 atom stereocenters. The van der Waals surface area contributed by atoms with E-state index in [0.29, 0.717) is 0 Å². The summed E-state index contributed by atoms with van der Waals surface area (Å²) < 4.78 is 0. The van der Waals surface area contributed by atoms with Crippen molar-refractivity contribution in [2.75, 3.05) is 6.26 Å². The van der Waals surface area contributed by atoms with Crippen LogP contribution in [0.5, 0.6) is 0 Å². The molecule has 0 unspecified atom stereocenters. The van der Waals surface area contributed by atoms with Crippen LogP contribution in [-0.4, -0.2) is 11.2 Å². The van der Waals surface area contributed by atoms with Gasteiger partial charge < -0.3 is 0 Å². The highest BCUT2D eigenvalue weighted by molar-refractivity contribution is 7.98. The number of thiazole rings is 1. The molecular weight excluding hydrogens is 210 g/mol.